The lowest BCUT2D eigenvalue weighted by atomic mass is 10.2. The highest BCUT2D eigenvalue weighted by Gasteiger charge is 2.01. The van der Waals surface area contributed by atoms with Crippen molar-refractivity contribution < 1.29 is 9.47 Å². The van der Waals surface area contributed by atoms with Crippen LogP contribution in [0.1, 0.15) is 15.3 Å². The third-order valence-electron chi connectivity index (χ3n) is 2.57. The Morgan fingerprint density at radius 2 is 2.10 bits per heavy atom. The maximum atomic E-state index is 5.78. The smallest absolute Gasteiger partial charge is 0.122 e. The molecular formula is C16H17NO2S. The Bertz CT molecular complexity index is 610. The van der Waals surface area contributed by atoms with Crippen LogP contribution in [0.4, 0.5) is 0 Å². The summed E-state index contributed by atoms with van der Waals surface area (Å²) in [5, 5.41) is 0. The van der Waals surface area contributed by atoms with E-state index in [-0.39, 0.29) is 0 Å². The molecule has 1 aromatic carbocycles. The first-order valence-corrected chi connectivity index (χ1v) is 7.12. The van der Waals surface area contributed by atoms with Gasteiger partial charge in [-0.05, 0) is 29.8 Å². The molecule has 0 atom stereocenters. The van der Waals surface area contributed by atoms with Crippen molar-refractivity contribution in [3.05, 3.63) is 51.7 Å². The lowest BCUT2D eigenvalue weighted by Crippen LogP contribution is -1.94. The zero-order valence-electron chi connectivity index (χ0n) is 11.4. The van der Waals surface area contributed by atoms with Gasteiger partial charge >= 0.3 is 0 Å². The van der Waals surface area contributed by atoms with Crippen LogP contribution >= 0.6 is 11.3 Å². The van der Waals surface area contributed by atoms with E-state index in [0.29, 0.717) is 19.8 Å². The van der Waals surface area contributed by atoms with Gasteiger partial charge in [0.15, 0.2) is 0 Å². The van der Waals surface area contributed by atoms with Crippen LogP contribution in [-0.2, 0) is 18.0 Å². The van der Waals surface area contributed by atoms with Crippen molar-refractivity contribution in [2.45, 2.75) is 13.2 Å². The van der Waals surface area contributed by atoms with E-state index in [9.17, 15) is 0 Å². The van der Waals surface area contributed by atoms with Crippen molar-refractivity contribution in [1.82, 2.24) is 0 Å². The van der Waals surface area contributed by atoms with Crippen LogP contribution in [0.15, 0.2) is 36.4 Å². The number of ether oxygens (including phenoxy) is 2. The van der Waals surface area contributed by atoms with Crippen LogP contribution in [0.3, 0.4) is 0 Å². The van der Waals surface area contributed by atoms with E-state index < -0.39 is 0 Å². The molecule has 0 radical (unpaired) electrons. The molecule has 0 spiro atoms. The summed E-state index contributed by atoms with van der Waals surface area (Å²) >= 11 is 1.63. The van der Waals surface area contributed by atoms with Gasteiger partial charge in [0.25, 0.3) is 0 Å². The Labute approximate surface area is 123 Å². The molecule has 0 aliphatic carbocycles. The zero-order valence-corrected chi connectivity index (χ0v) is 12.2. The van der Waals surface area contributed by atoms with Gasteiger partial charge in [0.05, 0.1) is 18.0 Å². The molecule has 1 aromatic heterocycles. The van der Waals surface area contributed by atoms with Gasteiger partial charge in [-0.2, -0.15) is 0 Å². The fraction of sp³-hybridized carbons (Fsp3) is 0.250. The minimum atomic E-state index is 0.385. The Morgan fingerprint density at radius 1 is 1.20 bits per heavy atom. The van der Waals surface area contributed by atoms with Crippen LogP contribution in [0.2, 0.25) is 0 Å². The summed E-state index contributed by atoms with van der Waals surface area (Å²) in [7, 11) is 1.68. The maximum absolute atomic E-state index is 5.78. The van der Waals surface area contributed by atoms with Crippen molar-refractivity contribution in [3.63, 3.8) is 0 Å². The fourth-order valence-electron chi connectivity index (χ4n) is 1.71. The summed E-state index contributed by atoms with van der Waals surface area (Å²) in [6.07, 6.45) is 0. The first-order valence-electron chi connectivity index (χ1n) is 6.30. The van der Waals surface area contributed by atoms with Crippen LogP contribution in [0, 0.1) is 11.8 Å². The van der Waals surface area contributed by atoms with Crippen molar-refractivity contribution in [1.29, 1.82) is 0 Å². The molecule has 1 heterocycles. The molecule has 104 valence electrons. The Balaban J connectivity index is 1.94. The third kappa shape index (κ3) is 4.39. The molecule has 3 nitrogen and oxygen atoms in total. The summed E-state index contributed by atoms with van der Waals surface area (Å²) in [6.45, 7) is 1.52. The molecular weight excluding hydrogens is 270 g/mol. The number of hydrogen-bond donors (Lipinski definition) is 1. The van der Waals surface area contributed by atoms with Crippen LogP contribution in [0.25, 0.3) is 0 Å². The number of benzene rings is 1. The molecule has 0 amide bonds. The second kappa shape index (κ2) is 7.71. The topological polar surface area (TPSA) is 44.5 Å². The molecule has 20 heavy (non-hydrogen) atoms. The fourth-order valence-corrected chi connectivity index (χ4v) is 2.50. The van der Waals surface area contributed by atoms with E-state index in [0.717, 1.165) is 21.1 Å². The van der Waals surface area contributed by atoms with Crippen molar-refractivity contribution in [2.75, 3.05) is 13.7 Å². The van der Waals surface area contributed by atoms with Gasteiger partial charge in [-0.3, -0.25) is 0 Å². The SMILES string of the molecule is COCc1cccc(OCc2ccc(C#CCN)s2)c1. The molecule has 0 aliphatic rings. The minimum absolute atomic E-state index is 0.385. The normalized spacial score (nSPS) is 9.90. The number of methoxy groups -OCH3 is 1. The van der Waals surface area contributed by atoms with E-state index >= 15 is 0 Å². The molecule has 2 rings (SSSR count). The van der Waals surface area contributed by atoms with Gasteiger partial charge in [0.2, 0.25) is 0 Å². The standard InChI is InChI=1S/C16H17NO2S/c1-18-11-13-4-2-5-14(10-13)19-12-16-8-7-15(20-16)6-3-9-17/h2,4-5,7-8,10H,9,11-12,17H2,1H3. The summed E-state index contributed by atoms with van der Waals surface area (Å²) in [6, 6.07) is 11.9. The molecule has 0 fully saturated rings. The summed E-state index contributed by atoms with van der Waals surface area (Å²) in [4.78, 5) is 2.16. The average Bonchev–Trinajstić information content (AvgIpc) is 2.92. The predicted octanol–water partition coefficient (Wildman–Crippen LogP) is 2.78. The first kappa shape index (κ1) is 14.6. The van der Waals surface area contributed by atoms with Crippen molar-refractivity contribution >= 4 is 11.3 Å². The Kier molecular flexibility index (Phi) is 5.63. The molecule has 2 aromatic rings. The van der Waals surface area contributed by atoms with Crippen molar-refractivity contribution in [2.24, 2.45) is 5.73 Å². The van der Waals surface area contributed by atoms with E-state index in [2.05, 4.69) is 11.8 Å². The highest BCUT2D eigenvalue weighted by molar-refractivity contribution is 7.12. The lowest BCUT2D eigenvalue weighted by molar-refractivity contribution is 0.184. The third-order valence-corrected chi connectivity index (χ3v) is 3.54. The van der Waals surface area contributed by atoms with Crippen LogP contribution < -0.4 is 10.5 Å². The molecule has 0 aliphatic heterocycles. The summed E-state index contributed by atoms with van der Waals surface area (Å²) in [5.41, 5.74) is 6.46. The number of nitrogens with two attached hydrogens (primary N) is 1. The minimum Gasteiger partial charge on any atom is -0.488 e. The highest BCUT2D eigenvalue weighted by atomic mass is 32.1. The number of hydrogen-bond acceptors (Lipinski definition) is 4. The summed E-state index contributed by atoms with van der Waals surface area (Å²) < 4.78 is 10.9. The van der Waals surface area contributed by atoms with Crippen molar-refractivity contribution in [3.8, 4) is 17.6 Å². The van der Waals surface area contributed by atoms with Gasteiger partial charge in [0.1, 0.15) is 12.4 Å². The lowest BCUT2D eigenvalue weighted by Gasteiger charge is -2.06. The number of rotatable bonds is 5. The summed E-state index contributed by atoms with van der Waals surface area (Å²) in [5.74, 6) is 6.72. The van der Waals surface area contributed by atoms with E-state index in [1.165, 1.54) is 0 Å². The van der Waals surface area contributed by atoms with E-state index in [4.69, 9.17) is 15.2 Å². The average molecular weight is 287 g/mol. The monoisotopic (exact) mass is 287 g/mol. The number of thiophene rings is 1. The van der Waals surface area contributed by atoms with Crippen LogP contribution in [0.5, 0.6) is 5.75 Å². The Hall–Kier alpha value is -1.80. The van der Waals surface area contributed by atoms with Gasteiger partial charge in [-0.15, -0.1) is 11.3 Å². The van der Waals surface area contributed by atoms with E-state index in [1.54, 1.807) is 18.4 Å². The van der Waals surface area contributed by atoms with E-state index in [1.807, 2.05) is 36.4 Å². The zero-order chi connectivity index (χ0) is 14.2. The van der Waals surface area contributed by atoms with Gasteiger partial charge in [-0.25, -0.2) is 0 Å². The molecule has 0 saturated carbocycles. The molecule has 0 bridgehead atoms. The quantitative estimate of drug-likeness (QED) is 0.860. The van der Waals surface area contributed by atoms with Gasteiger partial charge < -0.3 is 15.2 Å². The second-order valence-corrected chi connectivity index (χ2v) is 5.31. The highest BCUT2D eigenvalue weighted by Crippen LogP contribution is 2.19. The molecule has 0 saturated heterocycles. The van der Waals surface area contributed by atoms with Crippen LogP contribution in [-0.4, -0.2) is 13.7 Å². The maximum Gasteiger partial charge on any atom is 0.122 e. The van der Waals surface area contributed by atoms with Gasteiger partial charge in [0, 0.05) is 12.0 Å². The molecule has 0 unspecified atom stereocenters. The molecule has 4 heteroatoms. The second-order valence-electron chi connectivity index (χ2n) is 4.14. The van der Waals surface area contributed by atoms with Gasteiger partial charge in [-0.1, -0.05) is 24.0 Å². The predicted molar refractivity (Wildman–Crippen MR) is 81.7 cm³/mol. The Morgan fingerprint density at radius 3 is 2.90 bits per heavy atom. The largest absolute Gasteiger partial charge is 0.488 e. The molecule has 2 N–H and O–H groups in total. The first-order chi connectivity index (χ1) is 9.81.